The molecule has 31 heavy (non-hydrogen) atoms. The molecule has 6 nitrogen and oxygen atoms in total. The smallest absolute Gasteiger partial charge is 0.307 e. The number of nitrogens with zero attached hydrogens (tertiary/aromatic N) is 1. The fraction of sp³-hybridized carbons (Fsp3) is 0.500. The number of hydrogen-bond acceptors (Lipinski definition) is 5. The van der Waals surface area contributed by atoms with Crippen molar-refractivity contribution in [1.29, 1.82) is 0 Å². The van der Waals surface area contributed by atoms with Gasteiger partial charge < -0.3 is 15.4 Å². The first-order valence-electron chi connectivity index (χ1n) is 10.4. The van der Waals surface area contributed by atoms with Crippen LogP contribution >= 0.6 is 11.6 Å². The number of pyridine rings is 1. The largest absolute Gasteiger partial charge is 0.466 e. The molecule has 1 aliphatic carbocycles. The summed E-state index contributed by atoms with van der Waals surface area (Å²) in [6.45, 7) is 2.63. The minimum Gasteiger partial charge on any atom is -0.466 e. The van der Waals surface area contributed by atoms with E-state index in [0.29, 0.717) is 42.7 Å². The molecule has 1 amide bonds. The van der Waals surface area contributed by atoms with E-state index >= 15 is 0 Å². The summed E-state index contributed by atoms with van der Waals surface area (Å²) < 4.78 is 32.1. The fourth-order valence-corrected chi connectivity index (χ4v) is 4.06. The predicted octanol–water partition coefficient (Wildman–Crippen LogP) is 4.81. The Labute approximate surface area is 184 Å². The van der Waals surface area contributed by atoms with Gasteiger partial charge in [-0.1, -0.05) is 11.6 Å². The molecule has 1 aromatic heterocycles. The lowest BCUT2D eigenvalue weighted by Gasteiger charge is -2.29. The lowest BCUT2D eigenvalue weighted by Crippen LogP contribution is -2.35. The molecule has 2 aromatic rings. The molecule has 1 atom stereocenters. The monoisotopic (exact) mass is 453 g/mol. The van der Waals surface area contributed by atoms with Crippen molar-refractivity contribution < 1.29 is 23.1 Å². The van der Waals surface area contributed by atoms with Crippen molar-refractivity contribution in [3.05, 3.63) is 34.9 Å². The quantitative estimate of drug-likeness (QED) is 0.561. The van der Waals surface area contributed by atoms with Crippen molar-refractivity contribution >= 4 is 40.2 Å². The average Bonchev–Trinajstić information content (AvgIpc) is 2.71. The highest BCUT2D eigenvalue weighted by molar-refractivity contribution is 6.35. The van der Waals surface area contributed by atoms with Crippen molar-refractivity contribution in [3.63, 3.8) is 0 Å². The standard InChI is InChI=1S/C22H26ClF2N3O3/c1-2-31-19(29)9-11-26-18-8-5-15-17(28-18)7-6-16(23)20(15)21(30)27-13-14-4-3-10-22(24,25)12-14/h5-8,14H,2-4,9-13H2,1H3,(H,26,28)(H,27,30). The van der Waals surface area contributed by atoms with E-state index in [0.717, 1.165) is 0 Å². The van der Waals surface area contributed by atoms with Crippen LogP contribution in [0.15, 0.2) is 24.3 Å². The zero-order valence-corrected chi connectivity index (χ0v) is 18.1. The number of esters is 1. The third kappa shape index (κ3) is 6.26. The molecule has 1 saturated carbocycles. The molecular formula is C22H26ClF2N3O3. The highest BCUT2D eigenvalue weighted by atomic mass is 35.5. The molecular weight excluding hydrogens is 428 g/mol. The van der Waals surface area contributed by atoms with Crippen molar-refractivity contribution in [2.24, 2.45) is 5.92 Å². The van der Waals surface area contributed by atoms with Crippen LogP contribution in [0.2, 0.25) is 5.02 Å². The number of anilines is 1. The van der Waals surface area contributed by atoms with E-state index in [4.69, 9.17) is 16.3 Å². The summed E-state index contributed by atoms with van der Waals surface area (Å²) in [7, 11) is 0. The molecule has 1 unspecified atom stereocenters. The number of carbonyl (C=O) groups excluding carboxylic acids is 2. The highest BCUT2D eigenvalue weighted by Crippen LogP contribution is 2.36. The van der Waals surface area contributed by atoms with Gasteiger partial charge in [-0.05, 0) is 49.9 Å². The predicted molar refractivity (Wildman–Crippen MR) is 116 cm³/mol. The van der Waals surface area contributed by atoms with E-state index in [2.05, 4.69) is 15.6 Å². The van der Waals surface area contributed by atoms with E-state index in [-0.39, 0.29) is 48.3 Å². The van der Waals surface area contributed by atoms with Crippen molar-refractivity contribution in [3.8, 4) is 0 Å². The third-order valence-electron chi connectivity index (χ3n) is 5.28. The number of carbonyl (C=O) groups is 2. The van der Waals surface area contributed by atoms with Crippen LogP contribution in [0.3, 0.4) is 0 Å². The lowest BCUT2D eigenvalue weighted by atomic mass is 9.86. The van der Waals surface area contributed by atoms with Crippen LogP contribution < -0.4 is 10.6 Å². The number of ether oxygens (including phenoxy) is 1. The summed E-state index contributed by atoms with van der Waals surface area (Å²) in [5, 5.41) is 6.64. The zero-order chi connectivity index (χ0) is 22.4. The molecule has 0 aliphatic heterocycles. The molecule has 168 valence electrons. The summed E-state index contributed by atoms with van der Waals surface area (Å²) in [5.74, 6) is -3.07. The second-order valence-electron chi connectivity index (χ2n) is 7.70. The Balaban J connectivity index is 1.67. The molecule has 1 heterocycles. The van der Waals surface area contributed by atoms with Gasteiger partial charge in [-0.15, -0.1) is 0 Å². The maximum atomic E-state index is 13.6. The maximum absolute atomic E-state index is 13.6. The maximum Gasteiger partial charge on any atom is 0.307 e. The third-order valence-corrected chi connectivity index (χ3v) is 5.60. The molecule has 1 fully saturated rings. The number of aromatic nitrogens is 1. The van der Waals surface area contributed by atoms with E-state index < -0.39 is 11.8 Å². The van der Waals surface area contributed by atoms with Crippen molar-refractivity contribution in [1.82, 2.24) is 10.3 Å². The Morgan fingerprint density at radius 2 is 2.10 bits per heavy atom. The molecule has 0 spiro atoms. The average molecular weight is 454 g/mol. The minimum atomic E-state index is -2.66. The Morgan fingerprint density at radius 3 is 2.84 bits per heavy atom. The topological polar surface area (TPSA) is 80.3 Å². The number of fused-ring (bicyclic) bond motifs is 1. The molecule has 1 aliphatic rings. The van der Waals surface area contributed by atoms with Gasteiger partial charge in [0.1, 0.15) is 5.82 Å². The highest BCUT2D eigenvalue weighted by Gasteiger charge is 2.36. The van der Waals surface area contributed by atoms with Gasteiger partial charge in [0.15, 0.2) is 0 Å². The summed E-state index contributed by atoms with van der Waals surface area (Å²) in [6, 6.07) is 6.71. The van der Waals surface area contributed by atoms with E-state index in [9.17, 15) is 18.4 Å². The fourth-order valence-electron chi connectivity index (χ4n) is 3.81. The SMILES string of the molecule is CCOC(=O)CCNc1ccc2c(C(=O)NCC3CCCC(F)(F)C3)c(Cl)ccc2n1. The number of alkyl halides is 2. The molecule has 0 radical (unpaired) electrons. The molecule has 0 bridgehead atoms. The van der Waals surface area contributed by atoms with Gasteiger partial charge in [-0.25, -0.2) is 13.8 Å². The Hall–Kier alpha value is -2.48. The molecule has 1 aromatic carbocycles. The van der Waals surface area contributed by atoms with Crippen LogP contribution in [0.25, 0.3) is 10.9 Å². The lowest BCUT2D eigenvalue weighted by molar-refractivity contribution is -0.142. The second kappa shape index (κ2) is 10.2. The first-order chi connectivity index (χ1) is 14.8. The Bertz CT molecular complexity index is 955. The molecule has 0 saturated heterocycles. The normalized spacial score (nSPS) is 17.9. The Kier molecular flexibility index (Phi) is 7.64. The van der Waals surface area contributed by atoms with Crippen LogP contribution in [0.5, 0.6) is 0 Å². The number of benzene rings is 1. The first kappa shape index (κ1) is 23.2. The van der Waals surface area contributed by atoms with Gasteiger partial charge in [-0.3, -0.25) is 9.59 Å². The molecule has 3 rings (SSSR count). The summed E-state index contributed by atoms with van der Waals surface area (Å²) >= 11 is 6.28. The van der Waals surface area contributed by atoms with Crippen molar-refractivity contribution in [2.45, 2.75) is 45.0 Å². The second-order valence-corrected chi connectivity index (χ2v) is 8.10. The van der Waals surface area contributed by atoms with Crippen LogP contribution in [-0.4, -0.2) is 42.5 Å². The number of rotatable bonds is 8. The van der Waals surface area contributed by atoms with Crippen molar-refractivity contribution in [2.75, 3.05) is 25.0 Å². The van der Waals surface area contributed by atoms with Gasteiger partial charge in [-0.2, -0.15) is 0 Å². The van der Waals surface area contributed by atoms with E-state index in [1.54, 1.807) is 31.2 Å². The van der Waals surface area contributed by atoms with Crippen LogP contribution in [-0.2, 0) is 9.53 Å². The summed E-state index contributed by atoms with van der Waals surface area (Å²) in [6.07, 6.45) is 1.04. The first-order valence-corrected chi connectivity index (χ1v) is 10.8. The van der Waals surface area contributed by atoms with Gasteiger partial charge in [0, 0.05) is 31.3 Å². The van der Waals surface area contributed by atoms with E-state index in [1.165, 1.54) is 0 Å². The number of hydrogen-bond donors (Lipinski definition) is 2. The summed E-state index contributed by atoms with van der Waals surface area (Å²) in [5.41, 5.74) is 0.826. The number of halogens is 3. The van der Waals surface area contributed by atoms with Crippen LogP contribution in [0.4, 0.5) is 14.6 Å². The molecule has 2 N–H and O–H groups in total. The van der Waals surface area contributed by atoms with Gasteiger partial charge >= 0.3 is 5.97 Å². The number of amides is 1. The van der Waals surface area contributed by atoms with Gasteiger partial charge in [0.2, 0.25) is 5.92 Å². The molecule has 9 heteroatoms. The van der Waals surface area contributed by atoms with Gasteiger partial charge in [0.25, 0.3) is 5.91 Å². The Morgan fingerprint density at radius 1 is 1.29 bits per heavy atom. The van der Waals surface area contributed by atoms with Crippen LogP contribution in [0, 0.1) is 5.92 Å². The van der Waals surface area contributed by atoms with Gasteiger partial charge in [0.05, 0.1) is 29.1 Å². The number of nitrogens with one attached hydrogen (secondary N) is 2. The zero-order valence-electron chi connectivity index (χ0n) is 17.3. The van der Waals surface area contributed by atoms with Crippen LogP contribution in [0.1, 0.15) is 49.4 Å². The minimum absolute atomic E-state index is 0.0889. The summed E-state index contributed by atoms with van der Waals surface area (Å²) in [4.78, 5) is 28.7. The van der Waals surface area contributed by atoms with E-state index in [1.807, 2.05) is 0 Å².